The molecular formula is C16H35N5O13S2. The summed E-state index contributed by atoms with van der Waals surface area (Å²) in [6.45, 7) is 1.50. The molecule has 20 heteroatoms. The molecule has 10 atom stereocenters. The van der Waals surface area contributed by atoms with Crippen LogP contribution < -0.4 is 22.9 Å². The number of rotatable bonds is 7. The number of hydrogen-bond donors (Lipinski definition) is 9. The number of aliphatic hydroxyl groups is 3. The molecule has 1 saturated carbocycles. The Labute approximate surface area is 208 Å². The molecule has 214 valence electrons. The quantitative estimate of drug-likeness (QED) is 0.129. The number of carbonyl (C=O) groups is 1. The fourth-order valence-corrected chi connectivity index (χ4v) is 4.67. The first-order valence-electron chi connectivity index (χ1n) is 10.5. The van der Waals surface area contributed by atoms with Gasteiger partial charge in [0.05, 0.1) is 36.9 Å². The summed E-state index contributed by atoms with van der Waals surface area (Å²) in [6.07, 6.45) is -5.27. The number of carbonyl (C=O) groups excluding carboxylic acids is 1. The number of amides is 1. The monoisotopic (exact) mass is 569 g/mol. The highest BCUT2D eigenvalue weighted by molar-refractivity contribution is 7.94. The van der Waals surface area contributed by atoms with Gasteiger partial charge in [-0.2, -0.15) is 16.8 Å². The molecule has 0 aromatic rings. The van der Waals surface area contributed by atoms with Gasteiger partial charge < -0.3 is 52.6 Å². The summed E-state index contributed by atoms with van der Waals surface area (Å²) >= 11 is 0. The van der Waals surface area contributed by atoms with Gasteiger partial charge in [-0.05, 0) is 19.8 Å². The Hall–Kier alpha value is -1.11. The van der Waals surface area contributed by atoms with Crippen LogP contribution in [0.3, 0.4) is 0 Å². The molecule has 18 nitrogen and oxygen atoms in total. The molecule has 13 N–H and O–H groups in total. The standard InChI is InChI=1S/C16H33N5O6.H2O7S2/c1-6(18)8-4-3-7(19)16(26-8)27-15-10(20)12(23)13(24)11(14(15)25)21(2)9(22)5-17;1-8(2,3)7-9(4,5)6/h6-8,10-16,23-25H,3-5,17-20H2,1-2H3;(H,1,2,3)(H,4,5,6). The molecule has 0 spiro atoms. The lowest BCUT2D eigenvalue weighted by atomic mass is 9.81. The number of likely N-dealkylation sites (N-methyl/N-ethyl adjacent to an activating group) is 1. The van der Waals surface area contributed by atoms with Gasteiger partial charge in [-0.3, -0.25) is 13.9 Å². The van der Waals surface area contributed by atoms with Crippen molar-refractivity contribution in [3.63, 3.8) is 0 Å². The van der Waals surface area contributed by atoms with Crippen LogP contribution in [0.2, 0.25) is 0 Å². The van der Waals surface area contributed by atoms with Crippen LogP contribution in [0.15, 0.2) is 0 Å². The smallest absolute Gasteiger partial charge is 0.389 e. The fraction of sp³-hybridized carbons (Fsp3) is 0.938. The number of ether oxygens (including phenoxy) is 2. The fourth-order valence-electron chi connectivity index (χ4n) is 3.81. The van der Waals surface area contributed by atoms with Crippen molar-refractivity contribution in [2.24, 2.45) is 22.9 Å². The molecule has 2 aliphatic rings. The van der Waals surface area contributed by atoms with Crippen LogP contribution in [0, 0.1) is 0 Å². The average Bonchev–Trinajstić information content (AvgIpc) is 2.73. The molecule has 0 radical (unpaired) electrons. The second-order valence-corrected chi connectivity index (χ2v) is 10.7. The van der Waals surface area contributed by atoms with Crippen LogP contribution in [0.4, 0.5) is 0 Å². The molecule has 1 aliphatic heterocycles. The predicted octanol–water partition coefficient (Wildman–Crippen LogP) is -5.63. The summed E-state index contributed by atoms with van der Waals surface area (Å²) in [7, 11) is -8.86. The summed E-state index contributed by atoms with van der Waals surface area (Å²) < 4.78 is 67.2. The van der Waals surface area contributed by atoms with Crippen molar-refractivity contribution in [2.75, 3.05) is 13.6 Å². The van der Waals surface area contributed by atoms with E-state index in [4.69, 9.17) is 41.5 Å². The second-order valence-electron chi connectivity index (χ2n) is 8.42. The zero-order valence-corrected chi connectivity index (χ0v) is 21.1. The summed E-state index contributed by atoms with van der Waals surface area (Å²) in [4.78, 5) is 13.0. The Morgan fingerprint density at radius 2 is 1.58 bits per heavy atom. The van der Waals surface area contributed by atoms with E-state index in [9.17, 15) is 36.9 Å². The van der Waals surface area contributed by atoms with Crippen molar-refractivity contribution in [2.45, 2.75) is 80.7 Å². The van der Waals surface area contributed by atoms with E-state index in [0.29, 0.717) is 12.8 Å². The van der Waals surface area contributed by atoms with Crippen molar-refractivity contribution in [3.8, 4) is 0 Å². The maximum absolute atomic E-state index is 11.9. The van der Waals surface area contributed by atoms with Crippen LogP contribution in [0.5, 0.6) is 0 Å². The zero-order chi connectivity index (χ0) is 28.2. The van der Waals surface area contributed by atoms with Crippen LogP contribution in [-0.4, -0.2) is 127 Å². The number of hydrogen-bond acceptors (Lipinski definition) is 15. The predicted molar refractivity (Wildman–Crippen MR) is 120 cm³/mol. The van der Waals surface area contributed by atoms with E-state index < -0.39 is 75.5 Å². The molecule has 0 aromatic heterocycles. The van der Waals surface area contributed by atoms with Gasteiger partial charge in [0.1, 0.15) is 18.3 Å². The third-order valence-corrected chi connectivity index (χ3v) is 7.04. The summed E-state index contributed by atoms with van der Waals surface area (Å²) in [5.74, 6) is -0.512. The Bertz CT molecular complexity index is 907. The maximum atomic E-state index is 11.9. The SMILES string of the molecule is CC(N)C1CCC(N)C(OC2C(N)C(O)C(O)C(N(C)C(=O)CN)C2O)O1.O=S(=O)(O)OS(=O)(=O)O. The zero-order valence-electron chi connectivity index (χ0n) is 19.5. The normalized spacial score (nSPS) is 36.4. The molecule has 1 saturated heterocycles. The minimum Gasteiger partial charge on any atom is -0.389 e. The van der Waals surface area contributed by atoms with Crippen LogP contribution in [-0.2, 0) is 38.7 Å². The first-order chi connectivity index (χ1) is 16.3. The van der Waals surface area contributed by atoms with Gasteiger partial charge >= 0.3 is 20.8 Å². The first-order valence-corrected chi connectivity index (χ1v) is 13.3. The molecule has 36 heavy (non-hydrogen) atoms. The van der Waals surface area contributed by atoms with Gasteiger partial charge in [-0.25, -0.2) is 0 Å². The lowest BCUT2D eigenvalue weighted by Gasteiger charge is -2.49. The van der Waals surface area contributed by atoms with Crippen molar-refractivity contribution in [3.05, 3.63) is 0 Å². The van der Waals surface area contributed by atoms with E-state index >= 15 is 0 Å². The second kappa shape index (κ2) is 13.1. The molecule has 1 aliphatic carbocycles. The largest absolute Gasteiger partial charge is 0.413 e. The molecule has 0 aromatic carbocycles. The highest BCUT2D eigenvalue weighted by Gasteiger charge is 2.52. The topological polar surface area (TPSA) is 322 Å². The van der Waals surface area contributed by atoms with E-state index in [1.165, 1.54) is 7.05 Å². The van der Waals surface area contributed by atoms with Gasteiger partial charge in [0.15, 0.2) is 6.29 Å². The third-order valence-electron chi connectivity index (χ3n) is 5.67. The highest BCUT2D eigenvalue weighted by atomic mass is 32.3. The van der Waals surface area contributed by atoms with E-state index in [2.05, 4.69) is 3.63 Å². The van der Waals surface area contributed by atoms with E-state index in [0.717, 1.165) is 4.90 Å². The molecule has 1 heterocycles. The Morgan fingerprint density at radius 3 is 2.00 bits per heavy atom. The highest BCUT2D eigenvalue weighted by Crippen LogP contribution is 2.29. The van der Waals surface area contributed by atoms with E-state index in [1.54, 1.807) is 0 Å². The summed E-state index contributed by atoms with van der Waals surface area (Å²) in [6, 6.07) is -2.96. The maximum Gasteiger partial charge on any atom is 0.413 e. The molecule has 2 fully saturated rings. The lowest BCUT2D eigenvalue weighted by molar-refractivity contribution is -0.266. The van der Waals surface area contributed by atoms with E-state index in [1.807, 2.05) is 6.92 Å². The van der Waals surface area contributed by atoms with Crippen molar-refractivity contribution in [1.29, 1.82) is 0 Å². The third kappa shape index (κ3) is 9.33. The van der Waals surface area contributed by atoms with Crippen LogP contribution in [0.1, 0.15) is 19.8 Å². The van der Waals surface area contributed by atoms with Crippen molar-refractivity contribution >= 4 is 26.7 Å². The molecule has 10 unspecified atom stereocenters. The van der Waals surface area contributed by atoms with Crippen molar-refractivity contribution in [1.82, 2.24) is 4.90 Å². The van der Waals surface area contributed by atoms with Crippen LogP contribution in [0.25, 0.3) is 0 Å². The molecule has 1 amide bonds. The van der Waals surface area contributed by atoms with Crippen molar-refractivity contribution < 1.29 is 59.2 Å². The van der Waals surface area contributed by atoms with Crippen LogP contribution >= 0.6 is 0 Å². The van der Waals surface area contributed by atoms with Gasteiger partial charge in [-0.15, -0.1) is 3.63 Å². The summed E-state index contributed by atoms with van der Waals surface area (Å²) in [5.41, 5.74) is 23.3. The first kappa shape index (κ1) is 32.9. The Kier molecular flexibility index (Phi) is 12.0. The van der Waals surface area contributed by atoms with Gasteiger partial charge in [0, 0.05) is 13.1 Å². The lowest BCUT2D eigenvalue weighted by Crippen LogP contribution is -2.72. The van der Waals surface area contributed by atoms with Gasteiger partial charge in [0.25, 0.3) is 0 Å². The minimum absolute atomic E-state index is 0.234. The number of aliphatic hydroxyl groups excluding tert-OH is 3. The molecular weight excluding hydrogens is 534 g/mol. The van der Waals surface area contributed by atoms with Gasteiger partial charge in [0.2, 0.25) is 5.91 Å². The number of nitrogens with two attached hydrogens (primary N) is 4. The Balaban J connectivity index is 0.000000613. The van der Waals surface area contributed by atoms with Gasteiger partial charge in [-0.1, -0.05) is 0 Å². The Morgan fingerprint density at radius 1 is 1.06 bits per heavy atom. The minimum atomic E-state index is -5.12. The average molecular weight is 570 g/mol. The summed E-state index contributed by atoms with van der Waals surface area (Å²) in [5, 5.41) is 31.4. The molecule has 2 rings (SSSR count). The van der Waals surface area contributed by atoms with E-state index in [-0.39, 0.29) is 18.7 Å². The molecule has 0 bridgehead atoms. The number of nitrogens with zero attached hydrogens (tertiary/aromatic N) is 1.